The lowest BCUT2D eigenvalue weighted by atomic mass is 9.84. The average molecular weight is 285 g/mol. The molecule has 1 aromatic carbocycles. The molecule has 0 radical (unpaired) electrons. The van der Waals surface area contributed by atoms with E-state index in [9.17, 15) is 0 Å². The van der Waals surface area contributed by atoms with Crippen LogP contribution in [0.4, 0.5) is 0 Å². The first-order valence-electron chi connectivity index (χ1n) is 8.43. The van der Waals surface area contributed by atoms with Crippen molar-refractivity contribution in [2.45, 2.75) is 65.0 Å². The van der Waals surface area contributed by atoms with Gasteiger partial charge < -0.3 is 10.3 Å². The van der Waals surface area contributed by atoms with E-state index < -0.39 is 0 Å². The minimum atomic E-state index is 0.0876. The Morgan fingerprint density at radius 3 is 2.76 bits per heavy atom. The predicted molar refractivity (Wildman–Crippen MR) is 88.3 cm³/mol. The Hall–Kier alpha value is -1.35. The summed E-state index contributed by atoms with van der Waals surface area (Å²) >= 11 is 0. The SMILES string of the molecule is CCCn1c(C(N)C2CCCCC2)nc2cc(C)ccc21. The second-order valence-corrected chi connectivity index (χ2v) is 6.54. The van der Waals surface area contributed by atoms with E-state index in [0.717, 1.165) is 24.3 Å². The number of imidazole rings is 1. The van der Waals surface area contributed by atoms with Crippen LogP contribution in [0.25, 0.3) is 11.0 Å². The van der Waals surface area contributed by atoms with Crippen molar-refractivity contribution in [1.82, 2.24) is 9.55 Å². The van der Waals surface area contributed by atoms with Crippen LogP contribution in [0.1, 0.15) is 62.9 Å². The number of hydrogen-bond donors (Lipinski definition) is 1. The fraction of sp³-hybridized carbons (Fsp3) is 0.611. The third-order valence-corrected chi connectivity index (χ3v) is 4.84. The summed E-state index contributed by atoms with van der Waals surface area (Å²) in [6, 6.07) is 6.64. The fourth-order valence-corrected chi connectivity index (χ4v) is 3.68. The maximum Gasteiger partial charge on any atom is 0.127 e. The molecule has 2 aromatic rings. The highest BCUT2D eigenvalue weighted by Crippen LogP contribution is 2.34. The number of nitrogens with two attached hydrogens (primary N) is 1. The Balaban J connectivity index is 2.01. The topological polar surface area (TPSA) is 43.8 Å². The molecule has 0 aliphatic heterocycles. The molecule has 0 saturated heterocycles. The Labute approximate surface area is 127 Å². The minimum absolute atomic E-state index is 0.0876. The number of rotatable bonds is 4. The van der Waals surface area contributed by atoms with E-state index in [4.69, 9.17) is 10.7 Å². The van der Waals surface area contributed by atoms with E-state index in [-0.39, 0.29) is 6.04 Å². The second-order valence-electron chi connectivity index (χ2n) is 6.54. The molecule has 3 heteroatoms. The average Bonchev–Trinajstić information content (AvgIpc) is 2.85. The van der Waals surface area contributed by atoms with Crippen LogP contribution in [0.5, 0.6) is 0 Å². The number of hydrogen-bond acceptors (Lipinski definition) is 2. The first-order chi connectivity index (χ1) is 10.2. The van der Waals surface area contributed by atoms with Crippen LogP contribution in [0.15, 0.2) is 18.2 Å². The second kappa shape index (κ2) is 6.18. The quantitative estimate of drug-likeness (QED) is 0.908. The molecule has 21 heavy (non-hydrogen) atoms. The van der Waals surface area contributed by atoms with E-state index in [1.54, 1.807) is 0 Å². The van der Waals surface area contributed by atoms with Gasteiger partial charge in [-0.3, -0.25) is 0 Å². The summed E-state index contributed by atoms with van der Waals surface area (Å²) in [6.07, 6.45) is 7.65. The van der Waals surface area contributed by atoms with Gasteiger partial charge in [-0.2, -0.15) is 0 Å². The molecule has 0 bridgehead atoms. The number of aromatic nitrogens is 2. The third kappa shape index (κ3) is 2.84. The lowest BCUT2D eigenvalue weighted by Gasteiger charge is -2.27. The van der Waals surface area contributed by atoms with E-state index in [2.05, 4.69) is 36.6 Å². The standard InChI is InChI=1S/C18H27N3/c1-3-11-21-16-10-9-13(2)12-15(16)20-18(21)17(19)14-7-5-4-6-8-14/h9-10,12,14,17H,3-8,11,19H2,1-2H3. The normalized spacial score (nSPS) is 18.2. The molecule has 3 nitrogen and oxygen atoms in total. The van der Waals surface area contributed by atoms with Crippen LogP contribution in [-0.4, -0.2) is 9.55 Å². The van der Waals surface area contributed by atoms with Crippen LogP contribution in [0, 0.1) is 12.8 Å². The van der Waals surface area contributed by atoms with Gasteiger partial charge in [0.2, 0.25) is 0 Å². The van der Waals surface area contributed by atoms with Crippen LogP contribution in [0.2, 0.25) is 0 Å². The molecule has 1 fully saturated rings. The van der Waals surface area contributed by atoms with Crippen LogP contribution < -0.4 is 5.73 Å². The summed E-state index contributed by atoms with van der Waals surface area (Å²) in [4.78, 5) is 4.91. The zero-order chi connectivity index (χ0) is 14.8. The Bertz CT molecular complexity index is 608. The van der Waals surface area contributed by atoms with Crippen LogP contribution in [0.3, 0.4) is 0 Å². The van der Waals surface area contributed by atoms with Crippen molar-refractivity contribution in [3.05, 3.63) is 29.6 Å². The molecule has 1 atom stereocenters. The van der Waals surface area contributed by atoms with Crippen molar-refractivity contribution in [1.29, 1.82) is 0 Å². The summed E-state index contributed by atoms with van der Waals surface area (Å²) in [6.45, 7) is 5.35. The molecular formula is C18H27N3. The number of aryl methyl sites for hydroxylation is 2. The molecule has 1 heterocycles. The highest BCUT2D eigenvalue weighted by molar-refractivity contribution is 5.77. The lowest BCUT2D eigenvalue weighted by Crippen LogP contribution is -2.26. The summed E-state index contributed by atoms with van der Waals surface area (Å²) in [7, 11) is 0. The zero-order valence-electron chi connectivity index (χ0n) is 13.3. The van der Waals surface area contributed by atoms with Gasteiger partial charge in [0, 0.05) is 6.54 Å². The molecular weight excluding hydrogens is 258 g/mol. The predicted octanol–water partition coefficient (Wildman–Crippen LogP) is 4.33. The van der Waals surface area contributed by atoms with E-state index >= 15 is 0 Å². The minimum Gasteiger partial charge on any atom is -0.327 e. The van der Waals surface area contributed by atoms with Crippen molar-refractivity contribution >= 4 is 11.0 Å². The maximum absolute atomic E-state index is 6.62. The monoisotopic (exact) mass is 285 g/mol. The molecule has 1 aliphatic rings. The molecule has 0 amide bonds. The van der Waals surface area contributed by atoms with Gasteiger partial charge in [-0.25, -0.2) is 4.98 Å². The van der Waals surface area contributed by atoms with Gasteiger partial charge in [-0.05, 0) is 49.8 Å². The third-order valence-electron chi connectivity index (χ3n) is 4.84. The largest absolute Gasteiger partial charge is 0.327 e. The molecule has 3 rings (SSSR count). The first kappa shape index (κ1) is 14.6. The molecule has 0 spiro atoms. The maximum atomic E-state index is 6.62. The first-order valence-corrected chi connectivity index (χ1v) is 8.43. The highest BCUT2D eigenvalue weighted by Gasteiger charge is 2.26. The summed E-state index contributed by atoms with van der Waals surface area (Å²) < 4.78 is 2.36. The zero-order valence-corrected chi connectivity index (χ0v) is 13.3. The van der Waals surface area contributed by atoms with Gasteiger partial charge in [-0.15, -0.1) is 0 Å². The van der Waals surface area contributed by atoms with Crippen molar-refractivity contribution in [2.24, 2.45) is 11.7 Å². The van der Waals surface area contributed by atoms with Crippen molar-refractivity contribution < 1.29 is 0 Å². The van der Waals surface area contributed by atoms with Crippen molar-refractivity contribution in [3.8, 4) is 0 Å². The van der Waals surface area contributed by atoms with Gasteiger partial charge in [-0.1, -0.05) is 32.3 Å². The smallest absolute Gasteiger partial charge is 0.127 e. The van der Waals surface area contributed by atoms with Crippen molar-refractivity contribution in [2.75, 3.05) is 0 Å². The van der Waals surface area contributed by atoms with E-state index in [0.29, 0.717) is 5.92 Å². The van der Waals surface area contributed by atoms with Gasteiger partial charge >= 0.3 is 0 Å². The number of benzene rings is 1. The summed E-state index contributed by atoms with van der Waals surface area (Å²) in [5.41, 5.74) is 10.2. The highest BCUT2D eigenvalue weighted by atomic mass is 15.1. The summed E-state index contributed by atoms with van der Waals surface area (Å²) in [5.74, 6) is 1.71. The fourth-order valence-electron chi connectivity index (χ4n) is 3.68. The summed E-state index contributed by atoms with van der Waals surface area (Å²) in [5, 5.41) is 0. The Morgan fingerprint density at radius 1 is 1.29 bits per heavy atom. The Kier molecular flexibility index (Phi) is 4.29. The molecule has 114 valence electrons. The Morgan fingerprint density at radius 2 is 2.05 bits per heavy atom. The molecule has 1 unspecified atom stereocenters. The van der Waals surface area contributed by atoms with E-state index in [1.165, 1.54) is 43.2 Å². The molecule has 1 saturated carbocycles. The van der Waals surface area contributed by atoms with Gasteiger partial charge in [0.25, 0.3) is 0 Å². The van der Waals surface area contributed by atoms with E-state index in [1.807, 2.05) is 0 Å². The van der Waals surface area contributed by atoms with Gasteiger partial charge in [0.05, 0.1) is 17.1 Å². The number of nitrogens with zero attached hydrogens (tertiary/aromatic N) is 2. The van der Waals surface area contributed by atoms with Gasteiger partial charge in [0.15, 0.2) is 0 Å². The number of fused-ring (bicyclic) bond motifs is 1. The van der Waals surface area contributed by atoms with Crippen molar-refractivity contribution in [3.63, 3.8) is 0 Å². The lowest BCUT2D eigenvalue weighted by molar-refractivity contribution is 0.296. The molecule has 1 aromatic heterocycles. The molecule has 1 aliphatic carbocycles. The van der Waals surface area contributed by atoms with Crippen LogP contribution >= 0.6 is 0 Å². The van der Waals surface area contributed by atoms with Crippen LogP contribution in [-0.2, 0) is 6.54 Å². The van der Waals surface area contributed by atoms with Gasteiger partial charge in [0.1, 0.15) is 5.82 Å². The molecule has 2 N–H and O–H groups in total.